The molecule has 1 aromatic heterocycles. The van der Waals surface area contributed by atoms with Gasteiger partial charge in [0.05, 0.1) is 10.7 Å². The van der Waals surface area contributed by atoms with E-state index >= 15 is 0 Å². The second kappa shape index (κ2) is 6.24. The molecule has 0 amide bonds. The van der Waals surface area contributed by atoms with Gasteiger partial charge >= 0.3 is 0 Å². The summed E-state index contributed by atoms with van der Waals surface area (Å²) in [5.41, 5.74) is 1.78. The number of hydrogen-bond donors (Lipinski definition) is 2. The maximum Gasteiger partial charge on any atom is 0.135 e. The van der Waals surface area contributed by atoms with Crippen molar-refractivity contribution in [2.75, 3.05) is 10.6 Å². The van der Waals surface area contributed by atoms with Crippen molar-refractivity contribution in [2.45, 2.75) is 0 Å². The molecule has 0 spiro atoms. The molecule has 0 aliphatic rings. The molecule has 3 rings (SSSR count). The first-order chi connectivity index (χ1) is 10.3. The van der Waals surface area contributed by atoms with Crippen LogP contribution in [0.3, 0.4) is 0 Å². The highest BCUT2D eigenvalue weighted by Crippen LogP contribution is 2.24. The van der Waals surface area contributed by atoms with Crippen LogP contribution < -0.4 is 10.6 Å². The molecule has 2 N–H and O–H groups in total. The normalized spacial score (nSPS) is 10.1. The maximum atomic E-state index is 6.12. The summed E-state index contributed by atoms with van der Waals surface area (Å²) >= 11 is 6.12. The van der Waals surface area contributed by atoms with Crippen molar-refractivity contribution < 1.29 is 0 Å². The summed E-state index contributed by atoms with van der Waals surface area (Å²) in [4.78, 5) is 8.40. The molecule has 104 valence electrons. The second-order valence-corrected chi connectivity index (χ2v) is 4.79. The van der Waals surface area contributed by atoms with E-state index in [0.29, 0.717) is 16.7 Å². The van der Waals surface area contributed by atoms with E-state index in [-0.39, 0.29) is 0 Å². The highest BCUT2D eigenvalue weighted by Gasteiger charge is 2.02. The number of aromatic nitrogens is 2. The van der Waals surface area contributed by atoms with E-state index in [9.17, 15) is 0 Å². The Labute approximate surface area is 127 Å². The molecule has 0 saturated carbocycles. The minimum absolute atomic E-state index is 0.647. The van der Waals surface area contributed by atoms with E-state index in [1.54, 1.807) is 0 Å². The smallest absolute Gasteiger partial charge is 0.135 e. The molecule has 5 heteroatoms. The Kier molecular flexibility index (Phi) is 3.98. The second-order valence-electron chi connectivity index (χ2n) is 4.38. The fraction of sp³-hybridized carbons (Fsp3) is 0. The maximum absolute atomic E-state index is 6.12. The first-order valence-corrected chi connectivity index (χ1v) is 6.85. The number of para-hydroxylation sites is 2. The van der Waals surface area contributed by atoms with Crippen LogP contribution in [-0.4, -0.2) is 9.97 Å². The number of nitrogens with zero attached hydrogens (tertiary/aromatic N) is 2. The summed E-state index contributed by atoms with van der Waals surface area (Å²) < 4.78 is 0. The van der Waals surface area contributed by atoms with Crippen LogP contribution in [0.15, 0.2) is 67.0 Å². The highest BCUT2D eigenvalue weighted by molar-refractivity contribution is 6.33. The summed E-state index contributed by atoms with van der Waals surface area (Å²) in [7, 11) is 0. The van der Waals surface area contributed by atoms with Gasteiger partial charge in [-0.05, 0) is 24.3 Å². The van der Waals surface area contributed by atoms with Crippen molar-refractivity contribution in [3.05, 3.63) is 72.0 Å². The SMILES string of the molecule is Clc1ccccc1Nc1cc(Nc2ccccc2)ncn1. The zero-order chi connectivity index (χ0) is 14.5. The molecule has 1 heterocycles. The number of nitrogens with one attached hydrogen (secondary N) is 2. The van der Waals surface area contributed by atoms with Gasteiger partial charge in [0, 0.05) is 11.8 Å². The van der Waals surface area contributed by atoms with Crippen LogP contribution in [-0.2, 0) is 0 Å². The van der Waals surface area contributed by atoms with E-state index in [0.717, 1.165) is 11.4 Å². The number of rotatable bonds is 4. The Balaban J connectivity index is 1.79. The lowest BCUT2D eigenvalue weighted by Crippen LogP contribution is -1.98. The third-order valence-corrected chi connectivity index (χ3v) is 3.18. The lowest BCUT2D eigenvalue weighted by atomic mass is 10.3. The average molecular weight is 297 g/mol. The molecule has 0 radical (unpaired) electrons. The van der Waals surface area contributed by atoms with E-state index < -0.39 is 0 Å². The van der Waals surface area contributed by atoms with E-state index in [1.165, 1.54) is 6.33 Å². The largest absolute Gasteiger partial charge is 0.340 e. The summed E-state index contributed by atoms with van der Waals surface area (Å²) in [6, 6.07) is 19.2. The molecule has 0 aliphatic carbocycles. The van der Waals surface area contributed by atoms with Crippen LogP contribution in [0.5, 0.6) is 0 Å². The Morgan fingerprint density at radius 3 is 2.19 bits per heavy atom. The summed E-state index contributed by atoms with van der Waals surface area (Å²) in [5.74, 6) is 1.39. The predicted molar refractivity (Wildman–Crippen MR) is 86.5 cm³/mol. The third kappa shape index (κ3) is 3.49. The standard InChI is InChI=1S/C16H13ClN4/c17-13-8-4-5-9-14(13)21-16-10-15(18-11-19-16)20-12-6-2-1-3-7-12/h1-11H,(H2,18,19,20,21). The summed E-state index contributed by atoms with van der Waals surface area (Å²) in [5, 5.41) is 7.04. The van der Waals surface area contributed by atoms with Crippen LogP contribution in [0.4, 0.5) is 23.0 Å². The Morgan fingerprint density at radius 1 is 0.762 bits per heavy atom. The molecule has 3 aromatic rings. The van der Waals surface area contributed by atoms with Gasteiger partial charge in [0.2, 0.25) is 0 Å². The topological polar surface area (TPSA) is 49.8 Å². The molecule has 0 atom stereocenters. The Bertz CT molecular complexity index is 731. The summed E-state index contributed by atoms with van der Waals surface area (Å²) in [6.45, 7) is 0. The van der Waals surface area contributed by atoms with Crippen LogP contribution >= 0.6 is 11.6 Å². The van der Waals surface area contributed by atoms with Gasteiger partial charge in [-0.15, -0.1) is 0 Å². The molecular weight excluding hydrogens is 284 g/mol. The zero-order valence-corrected chi connectivity index (χ0v) is 11.9. The van der Waals surface area contributed by atoms with Gasteiger partial charge in [-0.1, -0.05) is 41.9 Å². The minimum atomic E-state index is 0.647. The molecule has 0 aliphatic heterocycles. The fourth-order valence-electron chi connectivity index (χ4n) is 1.86. The molecule has 0 fully saturated rings. The highest BCUT2D eigenvalue weighted by atomic mass is 35.5. The van der Waals surface area contributed by atoms with Crippen molar-refractivity contribution in [1.82, 2.24) is 9.97 Å². The van der Waals surface area contributed by atoms with Crippen LogP contribution in [0.2, 0.25) is 5.02 Å². The molecule has 0 bridgehead atoms. The van der Waals surface area contributed by atoms with Gasteiger partial charge in [-0.2, -0.15) is 0 Å². The van der Waals surface area contributed by atoms with Gasteiger partial charge < -0.3 is 10.6 Å². The number of halogens is 1. The molecule has 0 saturated heterocycles. The monoisotopic (exact) mass is 296 g/mol. The van der Waals surface area contributed by atoms with Crippen LogP contribution in [0.25, 0.3) is 0 Å². The van der Waals surface area contributed by atoms with Crippen molar-refractivity contribution in [3.8, 4) is 0 Å². The first kappa shape index (κ1) is 13.4. The minimum Gasteiger partial charge on any atom is -0.340 e. The van der Waals surface area contributed by atoms with Crippen molar-refractivity contribution in [3.63, 3.8) is 0 Å². The first-order valence-electron chi connectivity index (χ1n) is 6.47. The van der Waals surface area contributed by atoms with Gasteiger partial charge in [-0.3, -0.25) is 0 Å². The number of hydrogen-bond acceptors (Lipinski definition) is 4. The van der Waals surface area contributed by atoms with Crippen LogP contribution in [0, 0.1) is 0 Å². The lowest BCUT2D eigenvalue weighted by molar-refractivity contribution is 1.17. The third-order valence-electron chi connectivity index (χ3n) is 2.85. The molecule has 2 aromatic carbocycles. The van der Waals surface area contributed by atoms with E-state index in [2.05, 4.69) is 20.6 Å². The zero-order valence-electron chi connectivity index (χ0n) is 11.1. The van der Waals surface area contributed by atoms with E-state index in [4.69, 9.17) is 11.6 Å². The number of benzene rings is 2. The molecule has 21 heavy (non-hydrogen) atoms. The molecule has 4 nitrogen and oxygen atoms in total. The molecular formula is C16H13ClN4. The fourth-order valence-corrected chi connectivity index (χ4v) is 2.05. The van der Waals surface area contributed by atoms with Gasteiger partial charge in [0.15, 0.2) is 0 Å². The summed E-state index contributed by atoms with van der Waals surface area (Å²) in [6.07, 6.45) is 1.50. The van der Waals surface area contributed by atoms with Crippen molar-refractivity contribution in [2.24, 2.45) is 0 Å². The van der Waals surface area contributed by atoms with Crippen LogP contribution in [0.1, 0.15) is 0 Å². The average Bonchev–Trinajstić information content (AvgIpc) is 2.51. The van der Waals surface area contributed by atoms with Crippen molar-refractivity contribution in [1.29, 1.82) is 0 Å². The van der Waals surface area contributed by atoms with Gasteiger partial charge in [0.25, 0.3) is 0 Å². The predicted octanol–water partition coefficient (Wildman–Crippen LogP) is 4.62. The Hall–Kier alpha value is -2.59. The lowest BCUT2D eigenvalue weighted by Gasteiger charge is -2.09. The van der Waals surface area contributed by atoms with Gasteiger partial charge in [-0.25, -0.2) is 9.97 Å². The molecule has 0 unspecified atom stereocenters. The van der Waals surface area contributed by atoms with E-state index in [1.807, 2.05) is 60.7 Å². The quantitative estimate of drug-likeness (QED) is 0.738. The van der Waals surface area contributed by atoms with Gasteiger partial charge in [0.1, 0.15) is 18.0 Å². The number of anilines is 4. The van der Waals surface area contributed by atoms with Crippen molar-refractivity contribution >= 4 is 34.6 Å². The Morgan fingerprint density at radius 2 is 1.43 bits per heavy atom.